The molecule has 0 atom stereocenters. The van der Waals surface area contributed by atoms with Gasteiger partial charge in [0.1, 0.15) is 6.61 Å². The van der Waals surface area contributed by atoms with Crippen LogP contribution in [0.4, 0.5) is 0 Å². The zero-order valence-corrected chi connectivity index (χ0v) is 18.0. The molecule has 1 aromatic carbocycles. The molecular weight excluding hydrogens is 406 g/mol. The van der Waals surface area contributed by atoms with Gasteiger partial charge in [-0.05, 0) is 48.7 Å². The number of carbonyl (C=O) groups excluding carboxylic acids is 1. The van der Waals surface area contributed by atoms with Gasteiger partial charge in [-0.1, -0.05) is 18.2 Å². The van der Waals surface area contributed by atoms with Crippen molar-refractivity contribution in [2.24, 2.45) is 0 Å². The number of para-hydroxylation sites is 2. The van der Waals surface area contributed by atoms with Gasteiger partial charge in [0.2, 0.25) is 11.8 Å². The summed E-state index contributed by atoms with van der Waals surface area (Å²) in [5.74, 6) is 1.78. The van der Waals surface area contributed by atoms with E-state index in [1.807, 2.05) is 53.4 Å². The lowest BCUT2D eigenvalue weighted by atomic mass is 10.1. The van der Waals surface area contributed by atoms with Crippen LogP contribution in [0, 0.1) is 0 Å². The molecule has 0 aliphatic carbocycles. The standard InChI is InChI=1S/C25H27N3O4/c29-24(9-3-5-20-10-13-26-14-11-20)28-15-16-30-17-18-31-22-7-1-2-8-23(22)32-25-21(19-28)6-4-12-27-25/h1-2,4,6-8,10-14H,3,5,9,15-19H2. The van der Waals surface area contributed by atoms with Crippen molar-refractivity contribution in [3.05, 3.63) is 78.2 Å². The Labute approximate surface area is 188 Å². The van der Waals surface area contributed by atoms with Gasteiger partial charge >= 0.3 is 0 Å². The highest BCUT2D eigenvalue weighted by molar-refractivity contribution is 5.76. The van der Waals surface area contributed by atoms with Crippen LogP contribution in [0.1, 0.15) is 24.0 Å². The number of fused-ring (bicyclic) bond motifs is 2. The number of nitrogens with zero attached hydrogens (tertiary/aromatic N) is 3. The van der Waals surface area contributed by atoms with E-state index in [-0.39, 0.29) is 5.91 Å². The Bertz CT molecular complexity index is 1010. The van der Waals surface area contributed by atoms with Gasteiger partial charge < -0.3 is 19.1 Å². The number of pyridine rings is 2. The highest BCUT2D eigenvalue weighted by Crippen LogP contribution is 2.32. The molecule has 0 bridgehead atoms. The lowest BCUT2D eigenvalue weighted by molar-refractivity contribution is -0.132. The molecule has 0 spiro atoms. The van der Waals surface area contributed by atoms with Crippen LogP contribution in [0.25, 0.3) is 0 Å². The molecule has 1 aliphatic heterocycles. The van der Waals surface area contributed by atoms with E-state index in [1.54, 1.807) is 18.6 Å². The summed E-state index contributed by atoms with van der Waals surface area (Å²) < 4.78 is 17.6. The Morgan fingerprint density at radius 1 is 0.938 bits per heavy atom. The Hall–Kier alpha value is -3.45. The quantitative estimate of drug-likeness (QED) is 0.619. The Kier molecular flexibility index (Phi) is 7.65. The molecule has 4 rings (SSSR count). The second-order valence-electron chi connectivity index (χ2n) is 7.50. The normalized spacial score (nSPS) is 14.4. The molecule has 0 saturated heterocycles. The molecule has 1 amide bonds. The predicted molar refractivity (Wildman–Crippen MR) is 120 cm³/mol. The van der Waals surface area contributed by atoms with Crippen LogP contribution < -0.4 is 9.47 Å². The van der Waals surface area contributed by atoms with E-state index in [0.717, 1.165) is 18.4 Å². The summed E-state index contributed by atoms with van der Waals surface area (Å²) in [4.78, 5) is 23.3. The molecule has 2 aromatic heterocycles. The van der Waals surface area contributed by atoms with Crippen molar-refractivity contribution in [2.45, 2.75) is 25.8 Å². The van der Waals surface area contributed by atoms with E-state index in [1.165, 1.54) is 5.56 Å². The third-order valence-corrected chi connectivity index (χ3v) is 5.22. The minimum Gasteiger partial charge on any atom is -0.487 e. The molecule has 166 valence electrons. The number of benzene rings is 1. The maximum absolute atomic E-state index is 13.1. The second kappa shape index (κ2) is 11.2. The van der Waals surface area contributed by atoms with Gasteiger partial charge in [0.15, 0.2) is 11.5 Å². The van der Waals surface area contributed by atoms with Crippen molar-refractivity contribution >= 4 is 5.91 Å². The molecule has 0 N–H and O–H groups in total. The van der Waals surface area contributed by atoms with Crippen LogP contribution >= 0.6 is 0 Å². The number of hydrogen-bond acceptors (Lipinski definition) is 6. The van der Waals surface area contributed by atoms with Gasteiger partial charge in [-0.2, -0.15) is 0 Å². The third kappa shape index (κ3) is 6.04. The predicted octanol–water partition coefficient (Wildman–Crippen LogP) is 4.03. The molecule has 0 saturated carbocycles. The van der Waals surface area contributed by atoms with Gasteiger partial charge in [0.05, 0.1) is 19.8 Å². The van der Waals surface area contributed by atoms with Crippen LogP contribution in [-0.2, 0) is 22.5 Å². The average Bonchev–Trinajstić information content (AvgIpc) is 2.84. The fraction of sp³-hybridized carbons (Fsp3) is 0.320. The number of aryl methyl sites for hydroxylation is 1. The van der Waals surface area contributed by atoms with Crippen molar-refractivity contribution in [2.75, 3.05) is 26.4 Å². The summed E-state index contributed by atoms with van der Waals surface area (Å²) in [6, 6.07) is 15.2. The molecule has 0 radical (unpaired) electrons. The largest absolute Gasteiger partial charge is 0.487 e. The van der Waals surface area contributed by atoms with E-state index >= 15 is 0 Å². The van der Waals surface area contributed by atoms with Crippen LogP contribution in [0.5, 0.6) is 17.4 Å². The van der Waals surface area contributed by atoms with Crippen LogP contribution in [-0.4, -0.2) is 47.1 Å². The maximum Gasteiger partial charge on any atom is 0.224 e. The van der Waals surface area contributed by atoms with E-state index < -0.39 is 0 Å². The third-order valence-electron chi connectivity index (χ3n) is 5.22. The zero-order valence-electron chi connectivity index (χ0n) is 18.0. The minimum absolute atomic E-state index is 0.0870. The Morgan fingerprint density at radius 3 is 2.66 bits per heavy atom. The molecule has 0 unspecified atom stereocenters. The average molecular weight is 434 g/mol. The molecule has 1 aliphatic rings. The van der Waals surface area contributed by atoms with Gasteiger partial charge in [-0.15, -0.1) is 0 Å². The van der Waals surface area contributed by atoms with Crippen LogP contribution in [0.3, 0.4) is 0 Å². The van der Waals surface area contributed by atoms with Crippen LogP contribution in [0.2, 0.25) is 0 Å². The number of aromatic nitrogens is 2. The van der Waals surface area contributed by atoms with Crippen molar-refractivity contribution in [3.8, 4) is 17.4 Å². The highest BCUT2D eigenvalue weighted by Gasteiger charge is 2.18. The van der Waals surface area contributed by atoms with Crippen LogP contribution in [0.15, 0.2) is 67.1 Å². The van der Waals surface area contributed by atoms with Gasteiger partial charge in [0.25, 0.3) is 0 Å². The molecule has 7 nitrogen and oxygen atoms in total. The molecule has 7 heteroatoms. The molecular formula is C25H27N3O4. The Morgan fingerprint density at radius 2 is 1.78 bits per heavy atom. The van der Waals surface area contributed by atoms with E-state index in [4.69, 9.17) is 14.2 Å². The maximum atomic E-state index is 13.1. The smallest absolute Gasteiger partial charge is 0.224 e. The zero-order chi connectivity index (χ0) is 22.0. The summed E-state index contributed by atoms with van der Waals surface area (Å²) in [6.07, 6.45) is 7.32. The molecule has 32 heavy (non-hydrogen) atoms. The Balaban J connectivity index is 1.48. The monoisotopic (exact) mass is 433 g/mol. The van der Waals surface area contributed by atoms with E-state index in [0.29, 0.717) is 56.7 Å². The van der Waals surface area contributed by atoms with Gasteiger partial charge in [-0.3, -0.25) is 9.78 Å². The van der Waals surface area contributed by atoms with Crippen molar-refractivity contribution < 1.29 is 19.0 Å². The minimum atomic E-state index is 0.0870. The summed E-state index contributed by atoms with van der Waals surface area (Å²) >= 11 is 0. The van der Waals surface area contributed by atoms with E-state index in [2.05, 4.69) is 9.97 Å². The van der Waals surface area contributed by atoms with Crippen molar-refractivity contribution in [1.82, 2.24) is 14.9 Å². The number of hydrogen-bond donors (Lipinski definition) is 0. The molecule has 0 fully saturated rings. The first-order valence-corrected chi connectivity index (χ1v) is 10.9. The molecule has 3 aromatic rings. The van der Waals surface area contributed by atoms with E-state index in [9.17, 15) is 4.79 Å². The van der Waals surface area contributed by atoms with Crippen molar-refractivity contribution in [1.29, 1.82) is 0 Å². The first-order chi connectivity index (χ1) is 15.8. The summed E-state index contributed by atoms with van der Waals surface area (Å²) in [7, 11) is 0. The first-order valence-electron chi connectivity index (χ1n) is 10.9. The SMILES string of the molecule is O=C(CCCc1ccncc1)N1CCOCCOc2ccccc2Oc2ncccc2C1. The topological polar surface area (TPSA) is 73.8 Å². The summed E-state index contributed by atoms with van der Waals surface area (Å²) in [5.41, 5.74) is 2.02. The summed E-state index contributed by atoms with van der Waals surface area (Å²) in [5, 5.41) is 0. The fourth-order valence-electron chi connectivity index (χ4n) is 3.53. The number of amides is 1. The lowest BCUT2D eigenvalue weighted by Gasteiger charge is -2.23. The van der Waals surface area contributed by atoms with Gasteiger partial charge in [-0.25, -0.2) is 4.98 Å². The number of carbonyl (C=O) groups is 1. The summed E-state index contributed by atoms with van der Waals surface area (Å²) in [6.45, 7) is 2.18. The number of rotatable bonds is 4. The number of ether oxygens (including phenoxy) is 3. The first kappa shape index (κ1) is 21.8. The van der Waals surface area contributed by atoms with Gasteiger partial charge in [0, 0.05) is 37.1 Å². The highest BCUT2D eigenvalue weighted by atomic mass is 16.5. The van der Waals surface area contributed by atoms with Crippen molar-refractivity contribution in [3.63, 3.8) is 0 Å². The fourth-order valence-corrected chi connectivity index (χ4v) is 3.53. The second-order valence-corrected chi connectivity index (χ2v) is 7.50. The lowest BCUT2D eigenvalue weighted by Crippen LogP contribution is -2.34. The molecule has 3 heterocycles.